The first-order chi connectivity index (χ1) is 7.33. The molecule has 0 aliphatic heterocycles. The van der Waals surface area contributed by atoms with Crippen LogP contribution in [0.4, 0.5) is 0 Å². The van der Waals surface area contributed by atoms with Crippen LogP contribution >= 0.6 is 25.3 Å². The van der Waals surface area contributed by atoms with Gasteiger partial charge in [-0.15, -0.1) is 12.6 Å². The predicted octanol–water partition coefficient (Wildman–Crippen LogP) is 3.38. The minimum absolute atomic E-state index is 0.915. The minimum Gasteiger partial charge on any atom is -0.175 e. The number of hydrogen-bond donors (Lipinski definition) is 2. The first kappa shape index (κ1) is 10.1. The third-order valence-electron chi connectivity index (χ3n) is 3.89. The average molecular weight is 236 g/mol. The van der Waals surface area contributed by atoms with Gasteiger partial charge in [0.15, 0.2) is 0 Å². The molecule has 0 aromatic heterocycles. The largest absolute Gasteiger partial charge is 0.175 e. The van der Waals surface area contributed by atoms with Crippen LogP contribution in [-0.4, -0.2) is 0 Å². The molecule has 2 aliphatic rings. The van der Waals surface area contributed by atoms with Crippen LogP contribution in [0.3, 0.4) is 0 Å². The van der Waals surface area contributed by atoms with E-state index in [4.69, 9.17) is 12.6 Å². The van der Waals surface area contributed by atoms with Crippen LogP contribution in [0.25, 0.3) is 0 Å². The zero-order valence-corrected chi connectivity index (χ0v) is 10.6. The Kier molecular flexibility index (Phi) is 2.52. The van der Waals surface area contributed by atoms with E-state index in [1.165, 1.54) is 43.4 Å². The van der Waals surface area contributed by atoms with Crippen LogP contribution in [0.2, 0.25) is 0 Å². The lowest BCUT2D eigenvalue weighted by atomic mass is 9.95. The van der Waals surface area contributed by atoms with Gasteiger partial charge in [-0.05, 0) is 66.3 Å². The molecule has 0 atom stereocenters. The maximum Gasteiger partial charge on any atom is 0.0159 e. The summed E-state index contributed by atoms with van der Waals surface area (Å²) in [5, 5.41) is 0. The fourth-order valence-electron chi connectivity index (χ4n) is 3.23. The van der Waals surface area contributed by atoms with E-state index in [0.717, 1.165) is 5.75 Å². The molecule has 0 fully saturated rings. The van der Waals surface area contributed by atoms with E-state index in [2.05, 4.69) is 12.6 Å². The molecule has 80 valence electrons. The number of hydrogen-bond acceptors (Lipinski definition) is 2. The van der Waals surface area contributed by atoms with Gasteiger partial charge in [0.2, 0.25) is 0 Å². The highest BCUT2D eigenvalue weighted by Gasteiger charge is 2.26. The third kappa shape index (κ3) is 1.38. The molecule has 0 nitrogen and oxygen atoms in total. The molecular formula is C13H16S2. The second-order valence-corrected chi connectivity index (χ2v) is 5.37. The number of rotatable bonds is 1. The smallest absolute Gasteiger partial charge is 0.0159 e. The SMILES string of the molecule is SCc1c2c(c(S)c3c1CCC3)CCC2. The fourth-order valence-corrected chi connectivity index (χ4v) is 4.11. The van der Waals surface area contributed by atoms with Gasteiger partial charge in [-0.1, -0.05) is 0 Å². The van der Waals surface area contributed by atoms with E-state index in [-0.39, 0.29) is 0 Å². The summed E-state index contributed by atoms with van der Waals surface area (Å²) in [5.74, 6) is 0.915. The second-order valence-electron chi connectivity index (χ2n) is 4.61. The van der Waals surface area contributed by atoms with Crippen molar-refractivity contribution in [1.82, 2.24) is 0 Å². The van der Waals surface area contributed by atoms with Crippen molar-refractivity contribution in [1.29, 1.82) is 0 Å². The van der Waals surface area contributed by atoms with Crippen molar-refractivity contribution in [3.05, 3.63) is 27.8 Å². The predicted molar refractivity (Wildman–Crippen MR) is 70.4 cm³/mol. The van der Waals surface area contributed by atoms with E-state index in [0.29, 0.717) is 0 Å². The number of benzene rings is 1. The molecule has 0 N–H and O–H groups in total. The maximum atomic E-state index is 4.75. The Balaban J connectivity index is 2.31. The van der Waals surface area contributed by atoms with Crippen LogP contribution < -0.4 is 0 Å². The quantitative estimate of drug-likeness (QED) is 0.686. The summed E-state index contributed by atoms with van der Waals surface area (Å²) >= 11 is 9.27. The number of fused-ring (bicyclic) bond motifs is 2. The Hall–Kier alpha value is -0.0800. The van der Waals surface area contributed by atoms with Gasteiger partial charge in [0.1, 0.15) is 0 Å². The van der Waals surface area contributed by atoms with Crippen molar-refractivity contribution >= 4 is 25.3 Å². The zero-order valence-electron chi connectivity index (χ0n) is 8.84. The molecule has 15 heavy (non-hydrogen) atoms. The first-order valence-corrected chi connectivity index (χ1v) is 6.89. The lowest BCUT2D eigenvalue weighted by molar-refractivity contribution is 0.883. The van der Waals surface area contributed by atoms with Gasteiger partial charge in [0, 0.05) is 10.6 Å². The second kappa shape index (κ2) is 3.74. The Labute approximate surface area is 102 Å². The van der Waals surface area contributed by atoms with E-state index in [1.807, 2.05) is 0 Å². The molecule has 2 heteroatoms. The van der Waals surface area contributed by atoms with Crippen LogP contribution in [-0.2, 0) is 31.4 Å². The summed E-state index contributed by atoms with van der Waals surface area (Å²) in [6.45, 7) is 0. The Morgan fingerprint density at radius 2 is 1.27 bits per heavy atom. The lowest BCUT2D eigenvalue weighted by Gasteiger charge is -2.16. The first-order valence-electron chi connectivity index (χ1n) is 5.81. The van der Waals surface area contributed by atoms with Gasteiger partial charge in [0.05, 0.1) is 0 Å². The van der Waals surface area contributed by atoms with Crippen LogP contribution in [0, 0.1) is 0 Å². The molecule has 0 radical (unpaired) electrons. The topological polar surface area (TPSA) is 0 Å². The highest BCUT2D eigenvalue weighted by Crippen LogP contribution is 2.40. The molecule has 0 unspecified atom stereocenters. The minimum atomic E-state index is 0.915. The Bertz CT molecular complexity index is 386. The van der Waals surface area contributed by atoms with E-state index in [1.54, 1.807) is 27.8 Å². The zero-order chi connectivity index (χ0) is 10.4. The van der Waals surface area contributed by atoms with Crippen molar-refractivity contribution in [2.24, 2.45) is 0 Å². The Morgan fingerprint density at radius 3 is 1.73 bits per heavy atom. The van der Waals surface area contributed by atoms with Crippen molar-refractivity contribution < 1.29 is 0 Å². The van der Waals surface area contributed by atoms with Gasteiger partial charge in [-0.25, -0.2) is 0 Å². The lowest BCUT2D eigenvalue weighted by Crippen LogP contribution is -2.00. The molecule has 3 rings (SSSR count). The van der Waals surface area contributed by atoms with Crippen molar-refractivity contribution in [2.45, 2.75) is 49.2 Å². The summed E-state index contributed by atoms with van der Waals surface area (Å²) in [6, 6.07) is 0. The highest BCUT2D eigenvalue weighted by atomic mass is 32.1. The van der Waals surface area contributed by atoms with Gasteiger partial charge in [-0.2, -0.15) is 12.6 Å². The molecule has 0 saturated carbocycles. The summed E-state index contributed by atoms with van der Waals surface area (Å²) in [6.07, 6.45) is 7.61. The molecule has 1 aromatic carbocycles. The van der Waals surface area contributed by atoms with Gasteiger partial charge >= 0.3 is 0 Å². The highest BCUT2D eigenvalue weighted by molar-refractivity contribution is 7.80. The van der Waals surface area contributed by atoms with Gasteiger partial charge < -0.3 is 0 Å². The summed E-state index contributed by atoms with van der Waals surface area (Å²) in [7, 11) is 0. The maximum absolute atomic E-state index is 4.75. The molecular weight excluding hydrogens is 220 g/mol. The summed E-state index contributed by atoms with van der Waals surface area (Å²) in [5.41, 5.74) is 7.83. The standard InChI is InChI=1S/C13H16S2/c14-7-12-8-3-1-5-10(8)13(15)11-6-2-4-9(11)12/h14-15H,1-7H2. The van der Waals surface area contributed by atoms with Crippen molar-refractivity contribution in [3.8, 4) is 0 Å². The monoisotopic (exact) mass is 236 g/mol. The van der Waals surface area contributed by atoms with Gasteiger partial charge in [0.25, 0.3) is 0 Å². The summed E-state index contributed by atoms with van der Waals surface area (Å²) < 4.78 is 0. The van der Waals surface area contributed by atoms with Crippen molar-refractivity contribution in [3.63, 3.8) is 0 Å². The Morgan fingerprint density at radius 1 is 0.800 bits per heavy atom. The van der Waals surface area contributed by atoms with Crippen LogP contribution in [0.5, 0.6) is 0 Å². The molecule has 0 bridgehead atoms. The van der Waals surface area contributed by atoms with Crippen molar-refractivity contribution in [2.75, 3.05) is 0 Å². The molecule has 0 amide bonds. The van der Waals surface area contributed by atoms with E-state index < -0.39 is 0 Å². The molecule has 0 saturated heterocycles. The van der Waals surface area contributed by atoms with Gasteiger partial charge in [-0.3, -0.25) is 0 Å². The molecule has 2 aliphatic carbocycles. The average Bonchev–Trinajstić information content (AvgIpc) is 2.85. The normalized spacial score (nSPS) is 18.0. The molecule has 0 heterocycles. The fraction of sp³-hybridized carbons (Fsp3) is 0.538. The number of thiol groups is 2. The summed E-state index contributed by atoms with van der Waals surface area (Å²) in [4.78, 5) is 1.32. The third-order valence-corrected chi connectivity index (χ3v) is 4.75. The van der Waals surface area contributed by atoms with E-state index >= 15 is 0 Å². The van der Waals surface area contributed by atoms with Crippen LogP contribution in [0.15, 0.2) is 4.90 Å². The molecule has 0 spiro atoms. The van der Waals surface area contributed by atoms with E-state index in [9.17, 15) is 0 Å². The van der Waals surface area contributed by atoms with Crippen LogP contribution in [0.1, 0.15) is 40.7 Å². The molecule has 1 aromatic rings.